The van der Waals surface area contributed by atoms with E-state index in [1.54, 1.807) is 0 Å². The molecule has 4 amide bonds. The highest BCUT2D eigenvalue weighted by molar-refractivity contribution is 7.80. The molecular weight excluding hydrogens is 346 g/mol. The number of amides is 4. The lowest BCUT2D eigenvalue weighted by Crippen LogP contribution is -2.54. The van der Waals surface area contributed by atoms with Crippen molar-refractivity contribution in [1.29, 1.82) is 0 Å². The van der Waals surface area contributed by atoms with Crippen LogP contribution in [0.25, 0.3) is 0 Å². The number of carbonyl (C=O) groups excluding carboxylic acids is 3. The zero-order valence-corrected chi connectivity index (χ0v) is 13.5. The van der Waals surface area contributed by atoms with Crippen molar-refractivity contribution in [3.63, 3.8) is 0 Å². The second-order valence-electron chi connectivity index (χ2n) is 5.44. The molecule has 5 N–H and O–H groups in total. The average molecular weight is 365 g/mol. The fourth-order valence-corrected chi connectivity index (χ4v) is 3.03. The summed E-state index contributed by atoms with van der Waals surface area (Å²) in [5, 5.41) is 0.544. The van der Waals surface area contributed by atoms with E-state index in [4.69, 9.17) is 10.3 Å². The number of urea groups is 1. The summed E-state index contributed by atoms with van der Waals surface area (Å²) in [6, 6.07) is -2.30. The minimum Gasteiger partial charge on any atom is -0.330 e. The first-order chi connectivity index (χ1) is 11.2. The number of nitrogens with zero attached hydrogens (tertiary/aromatic N) is 2. The molecule has 136 valence electrons. The van der Waals surface area contributed by atoms with Gasteiger partial charge in [-0.2, -0.15) is 13.5 Å². The summed E-state index contributed by atoms with van der Waals surface area (Å²) in [6.07, 6.45) is 1.19. The van der Waals surface area contributed by atoms with Gasteiger partial charge in [-0.15, -0.1) is 4.28 Å². The normalized spacial score (nSPS) is 23.3. The van der Waals surface area contributed by atoms with Gasteiger partial charge < -0.3 is 10.6 Å². The van der Waals surface area contributed by atoms with Crippen molar-refractivity contribution in [3.05, 3.63) is 0 Å². The van der Waals surface area contributed by atoms with E-state index < -0.39 is 40.3 Å². The molecule has 0 aliphatic carbocycles. The molecule has 0 saturated carbocycles. The Balaban J connectivity index is 1.93. The van der Waals surface area contributed by atoms with E-state index >= 15 is 0 Å². The Bertz CT molecular complexity index is 624. The number of hydrazine groups is 1. The van der Waals surface area contributed by atoms with E-state index in [1.165, 1.54) is 0 Å². The maximum atomic E-state index is 12.1. The molecule has 0 spiro atoms. The summed E-state index contributed by atoms with van der Waals surface area (Å²) >= 11 is 0. The van der Waals surface area contributed by atoms with Crippen molar-refractivity contribution in [3.8, 4) is 0 Å². The van der Waals surface area contributed by atoms with Gasteiger partial charge in [0.2, 0.25) is 5.91 Å². The Labute approximate surface area is 138 Å². The van der Waals surface area contributed by atoms with E-state index in [1.807, 2.05) is 0 Å². The number of hydrogen-bond donors (Lipinski definition) is 4. The molecule has 0 aromatic carbocycles. The number of nitrogens with one attached hydrogen (secondary N) is 2. The van der Waals surface area contributed by atoms with Crippen molar-refractivity contribution in [2.45, 2.75) is 37.8 Å². The zero-order valence-electron chi connectivity index (χ0n) is 12.7. The van der Waals surface area contributed by atoms with Crippen LogP contribution in [0.4, 0.5) is 4.79 Å². The minimum atomic E-state index is -4.84. The van der Waals surface area contributed by atoms with Gasteiger partial charge in [0.15, 0.2) is 0 Å². The summed E-state index contributed by atoms with van der Waals surface area (Å²) in [6.45, 7) is 0.421. The van der Waals surface area contributed by atoms with Gasteiger partial charge in [0.05, 0.1) is 6.04 Å². The van der Waals surface area contributed by atoms with Crippen LogP contribution in [0.2, 0.25) is 0 Å². The summed E-state index contributed by atoms with van der Waals surface area (Å²) in [5.41, 5.74) is 9.73. The third kappa shape index (κ3) is 4.31. The number of fused-ring (bicyclic) bond motifs is 2. The van der Waals surface area contributed by atoms with Crippen molar-refractivity contribution in [1.82, 2.24) is 20.8 Å². The first kappa shape index (κ1) is 18.4. The molecule has 2 fully saturated rings. The van der Waals surface area contributed by atoms with Crippen LogP contribution < -0.4 is 16.6 Å². The molecule has 2 bridgehead atoms. The highest BCUT2D eigenvalue weighted by Crippen LogP contribution is 2.30. The number of piperidine rings is 1. The first-order valence-corrected chi connectivity index (χ1v) is 8.65. The lowest BCUT2D eigenvalue weighted by Gasteiger charge is -2.29. The molecule has 2 saturated heterocycles. The number of rotatable bonds is 6. The maximum absolute atomic E-state index is 12.1. The van der Waals surface area contributed by atoms with Crippen LogP contribution >= 0.6 is 0 Å². The predicted molar refractivity (Wildman–Crippen MR) is 78.0 cm³/mol. The number of carbonyl (C=O) groups is 3. The Kier molecular flexibility index (Phi) is 5.58. The van der Waals surface area contributed by atoms with E-state index in [0.717, 1.165) is 4.90 Å². The van der Waals surface area contributed by atoms with Crippen molar-refractivity contribution in [2.24, 2.45) is 5.73 Å². The average Bonchev–Trinajstić information content (AvgIpc) is 2.74. The molecule has 13 heteroatoms. The Morgan fingerprint density at radius 2 is 2.04 bits per heavy atom. The topological polar surface area (TPSA) is 171 Å². The molecule has 0 unspecified atom stereocenters. The summed E-state index contributed by atoms with van der Waals surface area (Å²) in [5.74, 6) is -1.01. The standard InChI is InChI=1S/C11H19N5O7S/c12-5-1-2-9(17)13-14-10(18)8-4-3-7-6-15(8)11(19)16(7)23-24(20,21)22/h7-8H,1-6,12H2,(H,13,17)(H,14,18)(H,20,21,22)/t7-,8-/m1/s1. The third-order valence-electron chi connectivity index (χ3n) is 3.73. The molecule has 2 atom stereocenters. The van der Waals surface area contributed by atoms with Gasteiger partial charge in [0, 0.05) is 13.0 Å². The van der Waals surface area contributed by atoms with Gasteiger partial charge in [0.25, 0.3) is 5.91 Å². The molecule has 0 aromatic rings. The Morgan fingerprint density at radius 1 is 1.33 bits per heavy atom. The van der Waals surface area contributed by atoms with E-state index in [9.17, 15) is 22.8 Å². The molecule has 0 radical (unpaired) electrons. The summed E-state index contributed by atoms with van der Waals surface area (Å²) < 4.78 is 34.5. The van der Waals surface area contributed by atoms with Crippen LogP contribution in [-0.2, 0) is 24.3 Å². The highest BCUT2D eigenvalue weighted by Gasteiger charge is 2.49. The molecule has 2 rings (SSSR count). The van der Waals surface area contributed by atoms with E-state index in [2.05, 4.69) is 15.1 Å². The second-order valence-corrected chi connectivity index (χ2v) is 6.44. The number of hydroxylamine groups is 2. The van der Waals surface area contributed by atoms with Crippen LogP contribution in [0.15, 0.2) is 0 Å². The molecule has 2 heterocycles. The summed E-state index contributed by atoms with van der Waals surface area (Å²) in [4.78, 5) is 36.8. The summed E-state index contributed by atoms with van der Waals surface area (Å²) in [7, 11) is -4.84. The predicted octanol–water partition coefficient (Wildman–Crippen LogP) is -2.12. The van der Waals surface area contributed by atoms with Crippen molar-refractivity contribution < 1.29 is 31.6 Å². The molecule has 2 aliphatic heterocycles. The smallest absolute Gasteiger partial charge is 0.330 e. The minimum absolute atomic E-state index is 0.0769. The van der Waals surface area contributed by atoms with E-state index in [-0.39, 0.29) is 19.4 Å². The largest absolute Gasteiger partial charge is 0.418 e. The Morgan fingerprint density at radius 3 is 2.67 bits per heavy atom. The Hall–Kier alpha value is -1.96. The zero-order chi connectivity index (χ0) is 17.9. The fourth-order valence-electron chi connectivity index (χ4n) is 2.64. The van der Waals surface area contributed by atoms with Crippen LogP contribution in [-0.4, -0.2) is 66.0 Å². The van der Waals surface area contributed by atoms with Gasteiger partial charge >= 0.3 is 16.4 Å². The van der Waals surface area contributed by atoms with Gasteiger partial charge in [-0.3, -0.25) is 25.0 Å². The van der Waals surface area contributed by atoms with Gasteiger partial charge in [-0.25, -0.2) is 4.79 Å². The molecule has 0 aromatic heterocycles. The third-order valence-corrected chi connectivity index (χ3v) is 4.08. The lowest BCUT2D eigenvalue weighted by atomic mass is 10.0. The highest BCUT2D eigenvalue weighted by atomic mass is 32.3. The molecule has 12 nitrogen and oxygen atoms in total. The maximum Gasteiger partial charge on any atom is 0.418 e. The quantitative estimate of drug-likeness (QED) is 0.305. The molecular formula is C11H19N5O7S. The monoisotopic (exact) mass is 365 g/mol. The van der Waals surface area contributed by atoms with Gasteiger partial charge in [-0.05, 0) is 25.8 Å². The number of nitrogens with two attached hydrogens (primary N) is 1. The van der Waals surface area contributed by atoms with Gasteiger partial charge in [-0.1, -0.05) is 0 Å². The molecule has 24 heavy (non-hydrogen) atoms. The van der Waals surface area contributed by atoms with E-state index in [0.29, 0.717) is 24.4 Å². The van der Waals surface area contributed by atoms with Gasteiger partial charge in [0.1, 0.15) is 6.04 Å². The van der Waals surface area contributed by atoms with Crippen LogP contribution in [0.1, 0.15) is 25.7 Å². The van der Waals surface area contributed by atoms with Crippen LogP contribution in [0.5, 0.6) is 0 Å². The van der Waals surface area contributed by atoms with Crippen molar-refractivity contribution >= 4 is 28.2 Å². The second kappa shape index (κ2) is 7.29. The van der Waals surface area contributed by atoms with Crippen molar-refractivity contribution in [2.75, 3.05) is 13.1 Å². The fraction of sp³-hybridized carbons (Fsp3) is 0.727. The van der Waals surface area contributed by atoms with Crippen LogP contribution in [0, 0.1) is 0 Å². The molecule has 2 aliphatic rings. The first-order valence-electron chi connectivity index (χ1n) is 7.28. The number of hydrogen-bond acceptors (Lipinski definition) is 7. The SMILES string of the molecule is NCCCC(=O)NNC(=O)[C@H]1CC[C@@H]2CN1C(=O)N2OS(=O)(=O)O. The lowest BCUT2D eigenvalue weighted by molar-refractivity contribution is -0.132. The van der Waals surface area contributed by atoms with Crippen LogP contribution in [0.3, 0.4) is 0 Å².